The Kier molecular flexibility index (Phi) is 7.10. The van der Waals surface area contributed by atoms with Crippen molar-refractivity contribution in [3.63, 3.8) is 0 Å². The van der Waals surface area contributed by atoms with Gasteiger partial charge in [-0.3, -0.25) is 4.79 Å². The first-order valence-electron chi connectivity index (χ1n) is 9.07. The predicted octanol–water partition coefficient (Wildman–Crippen LogP) is 3.29. The lowest BCUT2D eigenvalue weighted by Crippen LogP contribution is -2.42. The van der Waals surface area contributed by atoms with Gasteiger partial charge in [-0.15, -0.1) is 0 Å². The Bertz CT molecular complexity index is 583. The summed E-state index contributed by atoms with van der Waals surface area (Å²) >= 11 is 0. The molecule has 25 heavy (non-hydrogen) atoms. The van der Waals surface area contributed by atoms with Crippen LogP contribution < -0.4 is 20.7 Å². The zero-order valence-corrected chi connectivity index (χ0v) is 15.3. The van der Waals surface area contributed by atoms with Crippen LogP contribution in [0.3, 0.4) is 0 Å². The number of nitrogens with one attached hydrogen (secondary N) is 3. The van der Waals surface area contributed by atoms with Crippen molar-refractivity contribution >= 4 is 17.6 Å². The van der Waals surface area contributed by atoms with E-state index in [1.54, 1.807) is 7.05 Å². The van der Waals surface area contributed by atoms with Crippen molar-refractivity contribution in [1.82, 2.24) is 10.6 Å². The summed E-state index contributed by atoms with van der Waals surface area (Å²) in [4.78, 5) is 23.8. The lowest BCUT2D eigenvalue weighted by molar-refractivity contribution is -0.125. The number of rotatable bonds is 6. The van der Waals surface area contributed by atoms with Gasteiger partial charge in [-0.05, 0) is 51.2 Å². The fraction of sp³-hybridized carbons (Fsp3) is 0.579. The van der Waals surface area contributed by atoms with Gasteiger partial charge >= 0.3 is 6.03 Å². The minimum absolute atomic E-state index is 0.0699. The molecule has 0 unspecified atom stereocenters. The fourth-order valence-corrected chi connectivity index (χ4v) is 3.02. The number of carbonyl (C=O) groups is 2. The quantitative estimate of drug-likeness (QED) is 0.739. The van der Waals surface area contributed by atoms with Crippen LogP contribution in [-0.2, 0) is 4.79 Å². The molecule has 2 rings (SSSR count). The standard InChI is InChI=1S/C19H29N3O3/c1-4-13(2)25-17-7-5-6-16(12-17)22-19(24)21-15-10-8-14(9-11-15)18(23)20-3/h5-7,12-15H,4,8-11H2,1-3H3,(H,20,23)(H2,21,22,24)/t13-,14?,15?/m1/s1. The van der Waals surface area contributed by atoms with Crippen LogP contribution in [0.2, 0.25) is 0 Å². The van der Waals surface area contributed by atoms with E-state index in [2.05, 4.69) is 22.9 Å². The second kappa shape index (κ2) is 9.30. The fourth-order valence-electron chi connectivity index (χ4n) is 3.02. The summed E-state index contributed by atoms with van der Waals surface area (Å²) < 4.78 is 5.77. The molecule has 0 radical (unpaired) electrons. The highest BCUT2D eigenvalue weighted by Crippen LogP contribution is 2.24. The van der Waals surface area contributed by atoms with E-state index in [4.69, 9.17) is 4.74 Å². The highest BCUT2D eigenvalue weighted by molar-refractivity contribution is 5.89. The molecule has 1 aromatic carbocycles. The monoisotopic (exact) mass is 347 g/mol. The number of urea groups is 1. The van der Waals surface area contributed by atoms with Gasteiger partial charge in [0.15, 0.2) is 0 Å². The Morgan fingerprint density at radius 3 is 2.60 bits per heavy atom. The van der Waals surface area contributed by atoms with E-state index in [1.165, 1.54) is 0 Å². The maximum atomic E-state index is 12.2. The summed E-state index contributed by atoms with van der Waals surface area (Å²) in [5.74, 6) is 0.916. The predicted molar refractivity (Wildman–Crippen MR) is 98.8 cm³/mol. The molecule has 1 saturated carbocycles. The average Bonchev–Trinajstić information content (AvgIpc) is 2.61. The van der Waals surface area contributed by atoms with E-state index < -0.39 is 0 Å². The molecule has 0 aromatic heterocycles. The summed E-state index contributed by atoms with van der Waals surface area (Å²) in [6, 6.07) is 7.31. The molecule has 1 atom stereocenters. The van der Waals surface area contributed by atoms with Crippen LogP contribution in [0.5, 0.6) is 5.75 Å². The molecule has 0 heterocycles. The van der Waals surface area contributed by atoms with Crippen LogP contribution in [0.25, 0.3) is 0 Å². The molecule has 1 fully saturated rings. The van der Waals surface area contributed by atoms with Gasteiger partial charge in [0, 0.05) is 30.8 Å². The molecule has 0 aliphatic heterocycles. The van der Waals surface area contributed by atoms with Crippen molar-refractivity contribution in [2.24, 2.45) is 5.92 Å². The summed E-state index contributed by atoms with van der Waals surface area (Å²) in [6.07, 6.45) is 4.33. The maximum absolute atomic E-state index is 12.2. The van der Waals surface area contributed by atoms with Crippen molar-refractivity contribution < 1.29 is 14.3 Å². The molecule has 3 N–H and O–H groups in total. The summed E-state index contributed by atoms with van der Waals surface area (Å²) in [6.45, 7) is 4.08. The van der Waals surface area contributed by atoms with Crippen molar-refractivity contribution in [3.8, 4) is 5.75 Å². The van der Waals surface area contributed by atoms with Crippen LogP contribution in [0.15, 0.2) is 24.3 Å². The molecular weight excluding hydrogens is 318 g/mol. The lowest BCUT2D eigenvalue weighted by Gasteiger charge is -2.28. The first kappa shape index (κ1) is 19.1. The minimum atomic E-state index is -0.218. The Morgan fingerprint density at radius 1 is 1.24 bits per heavy atom. The highest BCUT2D eigenvalue weighted by atomic mass is 16.5. The topological polar surface area (TPSA) is 79.5 Å². The Morgan fingerprint density at radius 2 is 1.96 bits per heavy atom. The molecule has 138 valence electrons. The first-order chi connectivity index (χ1) is 12.0. The summed E-state index contributed by atoms with van der Waals surface area (Å²) in [5.41, 5.74) is 0.706. The smallest absolute Gasteiger partial charge is 0.319 e. The number of benzene rings is 1. The Labute approximate surface area is 149 Å². The van der Waals surface area contributed by atoms with E-state index >= 15 is 0 Å². The van der Waals surface area contributed by atoms with E-state index in [9.17, 15) is 9.59 Å². The van der Waals surface area contributed by atoms with Crippen molar-refractivity contribution in [3.05, 3.63) is 24.3 Å². The molecule has 0 spiro atoms. The third-order valence-electron chi connectivity index (χ3n) is 4.68. The molecule has 6 nitrogen and oxygen atoms in total. The molecule has 0 bridgehead atoms. The molecule has 0 saturated heterocycles. The van der Waals surface area contributed by atoms with Gasteiger partial charge in [0.2, 0.25) is 5.91 Å². The van der Waals surface area contributed by atoms with Crippen molar-refractivity contribution in [2.45, 2.75) is 58.1 Å². The zero-order chi connectivity index (χ0) is 18.2. The number of ether oxygens (including phenoxy) is 1. The largest absolute Gasteiger partial charge is 0.491 e. The molecule has 1 aliphatic carbocycles. The minimum Gasteiger partial charge on any atom is -0.491 e. The molecule has 1 aliphatic rings. The number of hydrogen-bond donors (Lipinski definition) is 3. The van der Waals surface area contributed by atoms with Crippen LogP contribution in [-0.4, -0.2) is 31.1 Å². The molecule has 1 aromatic rings. The van der Waals surface area contributed by atoms with Crippen LogP contribution in [0.1, 0.15) is 46.0 Å². The van der Waals surface area contributed by atoms with E-state index in [1.807, 2.05) is 31.2 Å². The number of anilines is 1. The number of amides is 3. The van der Waals surface area contributed by atoms with E-state index in [-0.39, 0.29) is 30.0 Å². The third-order valence-corrected chi connectivity index (χ3v) is 4.68. The normalized spacial score (nSPS) is 21.1. The van der Waals surface area contributed by atoms with Gasteiger partial charge in [0.25, 0.3) is 0 Å². The Hall–Kier alpha value is -2.24. The Balaban J connectivity index is 1.81. The summed E-state index contributed by atoms with van der Waals surface area (Å²) in [5, 5.41) is 8.55. The van der Waals surface area contributed by atoms with Gasteiger partial charge in [-0.2, -0.15) is 0 Å². The van der Waals surface area contributed by atoms with E-state index in [0.29, 0.717) is 5.69 Å². The van der Waals surface area contributed by atoms with Gasteiger partial charge < -0.3 is 20.7 Å². The maximum Gasteiger partial charge on any atom is 0.319 e. The van der Waals surface area contributed by atoms with Gasteiger partial charge in [0.05, 0.1) is 6.10 Å². The second-order valence-corrected chi connectivity index (χ2v) is 6.63. The average molecular weight is 347 g/mol. The van der Waals surface area contributed by atoms with Crippen LogP contribution in [0, 0.1) is 5.92 Å². The first-order valence-corrected chi connectivity index (χ1v) is 9.07. The molecule has 6 heteroatoms. The SMILES string of the molecule is CC[C@@H](C)Oc1cccc(NC(=O)NC2CCC(C(=O)NC)CC2)c1. The molecule has 3 amide bonds. The van der Waals surface area contributed by atoms with Crippen LogP contribution >= 0.6 is 0 Å². The lowest BCUT2D eigenvalue weighted by atomic mass is 9.85. The number of hydrogen-bond acceptors (Lipinski definition) is 3. The van der Waals surface area contributed by atoms with Gasteiger partial charge in [-0.25, -0.2) is 4.79 Å². The number of carbonyl (C=O) groups excluding carboxylic acids is 2. The molecular formula is C19H29N3O3. The third kappa shape index (κ3) is 5.96. The zero-order valence-electron chi connectivity index (χ0n) is 15.3. The van der Waals surface area contributed by atoms with Gasteiger partial charge in [-0.1, -0.05) is 13.0 Å². The second-order valence-electron chi connectivity index (χ2n) is 6.63. The summed E-state index contributed by atoms with van der Waals surface area (Å²) in [7, 11) is 1.67. The van der Waals surface area contributed by atoms with Crippen LogP contribution in [0.4, 0.5) is 10.5 Å². The highest BCUT2D eigenvalue weighted by Gasteiger charge is 2.26. The van der Waals surface area contributed by atoms with Crippen molar-refractivity contribution in [1.29, 1.82) is 0 Å². The van der Waals surface area contributed by atoms with Crippen molar-refractivity contribution in [2.75, 3.05) is 12.4 Å². The van der Waals surface area contributed by atoms with Gasteiger partial charge in [0.1, 0.15) is 5.75 Å². The van der Waals surface area contributed by atoms with E-state index in [0.717, 1.165) is 37.9 Å².